The molecular weight excluding hydrogens is 282 g/mol. The van der Waals surface area contributed by atoms with Gasteiger partial charge >= 0.3 is 5.92 Å². The van der Waals surface area contributed by atoms with Crippen molar-refractivity contribution >= 4 is 11.6 Å². The summed E-state index contributed by atoms with van der Waals surface area (Å²) in [5.41, 5.74) is -2.20. The van der Waals surface area contributed by atoms with Gasteiger partial charge in [-0.15, -0.1) is 0 Å². The molecule has 1 fully saturated rings. The molecule has 2 N–H and O–H groups in total. The summed E-state index contributed by atoms with van der Waals surface area (Å²) in [6, 6.07) is 2.92. The average molecular weight is 300 g/mol. The predicted octanol–water partition coefficient (Wildman–Crippen LogP) is 2.36. The molecule has 1 aliphatic rings. The Kier molecular flexibility index (Phi) is 4.13. The van der Waals surface area contributed by atoms with Gasteiger partial charge in [0.25, 0.3) is 5.91 Å². The summed E-state index contributed by atoms with van der Waals surface area (Å²) < 4.78 is 33.4. The maximum absolute atomic E-state index is 14.0. The molecule has 0 radical (unpaired) electrons. The van der Waals surface area contributed by atoms with Crippen LogP contribution in [-0.2, 0) is 4.79 Å². The molecule has 0 atom stereocenters. The molecular formula is C14H18F2N2O3. The number of anilines is 1. The van der Waals surface area contributed by atoms with Crippen LogP contribution in [0.4, 0.5) is 14.5 Å². The highest BCUT2D eigenvalue weighted by Crippen LogP contribution is 2.44. The lowest BCUT2D eigenvalue weighted by Crippen LogP contribution is -2.59. The van der Waals surface area contributed by atoms with Gasteiger partial charge in [0.15, 0.2) is 0 Å². The third-order valence-electron chi connectivity index (χ3n) is 3.42. The number of carbonyl (C=O) groups is 1. The Bertz CT molecular complexity index is 531. The van der Waals surface area contributed by atoms with Gasteiger partial charge in [0.05, 0.1) is 6.10 Å². The number of ether oxygens (including phenoxy) is 1. The maximum Gasteiger partial charge on any atom is 0.352 e. The number of rotatable bonds is 5. The van der Waals surface area contributed by atoms with Gasteiger partial charge in [-0.2, -0.15) is 8.78 Å². The van der Waals surface area contributed by atoms with Crippen LogP contribution in [0.15, 0.2) is 18.3 Å². The molecule has 116 valence electrons. The van der Waals surface area contributed by atoms with E-state index >= 15 is 0 Å². The van der Waals surface area contributed by atoms with Crippen LogP contribution in [0.25, 0.3) is 0 Å². The summed E-state index contributed by atoms with van der Waals surface area (Å²) in [7, 11) is 0. The van der Waals surface area contributed by atoms with Crippen LogP contribution >= 0.6 is 0 Å². The lowest BCUT2D eigenvalue weighted by molar-refractivity contribution is -0.212. The normalized spacial score (nSPS) is 17.2. The van der Waals surface area contributed by atoms with Crippen molar-refractivity contribution in [3.63, 3.8) is 0 Å². The van der Waals surface area contributed by atoms with E-state index in [1.165, 1.54) is 18.3 Å². The van der Waals surface area contributed by atoms with E-state index in [-0.39, 0.29) is 30.5 Å². The van der Waals surface area contributed by atoms with Crippen LogP contribution in [0.2, 0.25) is 0 Å². The van der Waals surface area contributed by atoms with Crippen molar-refractivity contribution in [1.29, 1.82) is 0 Å². The van der Waals surface area contributed by atoms with E-state index in [4.69, 9.17) is 4.74 Å². The lowest BCUT2D eigenvalue weighted by atomic mass is 9.75. The fraction of sp³-hybridized carbons (Fsp3) is 0.571. The smallest absolute Gasteiger partial charge is 0.352 e. The molecule has 0 aliphatic heterocycles. The van der Waals surface area contributed by atoms with Crippen molar-refractivity contribution in [2.45, 2.75) is 50.7 Å². The SMILES string of the molecule is CC(C)Oc1ncccc1NC(=O)C(F)(F)C1(O)CCC1. The minimum Gasteiger partial charge on any atom is -0.473 e. The molecule has 1 aliphatic carbocycles. The van der Waals surface area contributed by atoms with Gasteiger partial charge < -0.3 is 15.2 Å². The van der Waals surface area contributed by atoms with E-state index in [9.17, 15) is 18.7 Å². The van der Waals surface area contributed by atoms with Gasteiger partial charge in [0.1, 0.15) is 11.3 Å². The Balaban J connectivity index is 2.16. The number of aliphatic hydroxyl groups is 1. The van der Waals surface area contributed by atoms with Crippen LogP contribution in [0.5, 0.6) is 5.88 Å². The first-order chi connectivity index (χ1) is 9.76. The molecule has 0 spiro atoms. The number of aromatic nitrogens is 1. The molecule has 1 saturated carbocycles. The zero-order chi connectivity index (χ0) is 15.7. The van der Waals surface area contributed by atoms with E-state index in [1.807, 2.05) is 0 Å². The Morgan fingerprint density at radius 2 is 2.19 bits per heavy atom. The second-order valence-electron chi connectivity index (χ2n) is 5.44. The maximum atomic E-state index is 14.0. The number of amides is 1. The average Bonchev–Trinajstić information content (AvgIpc) is 2.37. The lowest BCUT2D eigenvalue weighted by Gasteiger charge is -2.41. The topological polar surface area (TPSA) is 71.5 Å². The van der Waals surface area contributed by atoms with Crippen molar-refractivity contribution in [3.8, 4) is 5.88 Å². The summed E-state index contributed by atoms with van der Waals surface area (Å²) in [5.74, 6) is -5.33. The quantitative estimate of drug-likeness (QED) is 0.875. The molecule has 21 heavy (non-hydrogen) atoms. The second-order valence-corrected chi connectivity index (χ2v) is 5.44. The Morgan fingerprint density at radius 1 is 1.52 bits per heavy atom. The van der Waals surface area contributed by atoms with Crippen LogP contribution in [-0.4, -0.2) is 33.6 Å². The Hall–Kier alpha value is -1.76. The first kappa shape index (κ1) is 15.6. The van der Waals surface area contributed by atoms with Crippen molar-refractivity contribution in [2.75, 3.05) is 5.32 Å². The van der Waals surface area contributed by atoms with Gasteiger partial charge in [-0.25, -0.2) is 4.98 Å². The highest BCUT2D eigenvalue weighted by Gasteiger charge is 2.61. The van der Waals surface area contributed by atoms with Gasteiger partial charge in [0.2, 0.25) is 5.88 Å². The van der Waals surface area contributed by atoms with E-state index in [1.54, 1.807) is 13.8 Å². The van der Waals surface area contributed by atoms with E-state index in [0.717, 1.165) is 0 Å². The number of hydrogen-bond donors (Lipinski definition) is 2. The van der Waals surface area contributed by atoms with Crippen molar-refractivity contribution in [1.82, 2.24) is 4.98 Å². The summed E-state index contributed by atoms with van der Waals surface area (Å²) in [4.78, 5) is 15.7. The van der Waals surface area contributed by atoms with E-state index in [0.29, 0.717) is 6.42 Å². The largest absolute Gasteiger partial charge is 0.473 e. The van der Waals surface area contributed by atoms with Gasteiger partial charge in [0, 0.05) is 6.20 Å². The summed E-state index contributed by atoms with van der Waals surface area (Å²) in [6.45, 7) is 3.51. The third-order valence-corrected chi connectivity index (χ3v) is 3.42. The van der Waals surface area contributed by atoms with Crippen molar-refractivity contribution in [2.24, 2.45) is 0 Å². The van der Waals surface area contributed by atoms with Gasteiger partial charge in [-0.05, 0) is 45.2 Å². The van der Waals surface area contributed by atoms with Gasteiger partial charge in [-0.3, -0.25) is 4.79 Å². The fourth-order valence-corrected chi connectivity index (χ4v) is 2.04. The molecule has 0 aromatic carbocycles. The summed E-state index contributed by atoms with van der Waals surface area (Å²) in [6.07, 6.45) is 1.52. The highest BCUT2D eigenvalue weighted by molar-refractivity contribution is 5.98. The van der Waals surface area contributed by atoms with E-state index in [2.05, 4.69) is 10.3 Å². The predicted molar refractivity (Wildman–Crippen MR) is 72.4 cm³/mol. The third kappa shape index (κ3) is 2.97. The van der Waals surface area contributed by atoms with Crippen LogP contribution < -0.4 is 10.1 Å². The molecule has 7 heteroatoms. The summed E-state index contributed by atoms with van der Waals surface area (Å²) in [5, 5.41) is 11.8. The Morgan fingerprint density at radius 3 is 2.71 bits per heavy atom. The standard InChI is InChI=1S/C14H18F2N2O3/c1-9(2)21-11-10(5-3-8-17-11)18-12(19)14(15,16)13(20)6-4-7-13/h3,5,8-9,20H,4,6-7H2,1-2H3,(H,18,19). The molecule has 1 amide bonds. The number of hydrogen-bond acceptors (Lipinski definition) is 4. The second kappa shape index (κ2) is 5.55. The molecule has 0 unspecified atom stereocenters. The highest BCUT2D eigenvalue weighted by atomic mass is 19.3. The molecule has 0 bridgehead atoms. The number of halogens is 2. The van der Waals surface area contributed by atoms with Crippen LogP contribution in [0.1, 0.15) is 33.1 Å². The number of nitrogens with one attached hydrogen (secondary N) is 1. The van der Waals surface area contributed by atoms with E-state index < -0.39 is 17.4 Å². The molecule has 1 aromatic heterocycles. The Labute approximate surface area is 121 Å². The zero-order valence-electron chi connectivity index (χ0n) is 11.9. The molecule has 2 rings (SSSR count). The number of alkyl halides is 2. The monoisotopic (exact) mass is 300 g/mol. The van der Waals surface area contributed by atoms with Crippen LogP contribution in [0, 0.1) is 0 Å². The summed E-state index contributed by atoms with van der Waals surface area (Å²) >= 11 is 0. The van der Waals surface area contributed by atoms with Crippen molar-refractivity contribution in [3.05, 3.63) is 18.3 Å². The fourth-order valence-electron chi connectivity index (χ4n) is 2.04. The first-order valence-electron chi connectivity index (χ1n) is 6.79. The van der Waals surface area contributed by atoms with Crippen molar-refractivity contribution < 1.29 is 23.4 Å². The number of carbonyl (C=O) groups excluding carboxylic acids is 1. The minimum absolute atomic E-state index is 0.0544. The molecule has 1 aromatic rings. The molecule has 1 heterocycles. The number of pyridine rings is 1. The zero-order valence-corrected chi connectivity index (χ0v) is 11.9. The molecule has 5 nitrogen and oxygen atoms in total. The van der Waals surface area contributed by atoms with Gasteiger partial charge in [-0.1, -0.05) is 0 Å². The minimum atomic E-state index is -3.85. The van der Waals surface area contributed by atoms with Crippen LogP contribution in [0.3, 0.4) is 0 Å². The first-order valence-corrected chi connectivity index (χ1v) is 6.79. The molecule has 0 saturated heterocycles. The number of nitrogens with zero attached hydrogens (tertiary/aromatic N) is 1.